The van der Waals surface area contributed by atoms with E-state index in [0.717, 1.165) is 11.4 Å². The van der Waals surface area contributed by atoms with Crippen LogP contribution >= 0.6 is 0 Å². The molecule has 2 nitrogen and oxygen atoms in total. The molecule has 3 rings (SSSR count). The van der Waals surface area contributed by atoms with Gasteiger partial charge < -0.3 is 10.1 Å². The third-order valence-corrected chi connectivity index (χ3v) is 3.55. The summed E-state index contributed by atoms with van der Waals surface area (Å²) >= 11 is 0. The van der Waals surface area contributed by atoms with E-state index in [1.54, 1.807) is 7.11 Å². The number of methoxy groups -OCH3 is 1. The number of nitrogens with one attached hydrogen (secondary N) is 1. The molecule has 2 heteroatoms. The van der Waals surface area contributed by atoms with Crippen LogP contribution in [-0.4, -0.2) is 14.2 Å². The van der Waals surface area contributed by atoms with Crippen LogP contribution in [0.4, 0.5) is 5.69 Å². The van der Waals surface area contributed by atoms with E-state index in [1.807, 2.05) is 13.1 Å². The highest BCUT2D eigenvalue weighted by atomic mass is 16.5. The number of anilines is 1. The van der Waals surface area contributed by atoms with Crippen LogP contribution in [0.3, 0.4) is 0 Å². The molecule has 20 heavy (non-hydrogen) atoms. The summed E-state index contributed by atoms with van der Waals surface area (Å²) in [5, 5.41) is 5.55. The smallest absolute Gasteiger partial charge is 0.119 e. The second kappa shape index (κ2) is 5.25. The number of fused-ring (bicyclic) bond motifs is 1. The SMILES string of the molecule is CNc1ccc(-c2ccc3cc(OC)ccc3c2)cc1. The van der Waals surface area contributed by atoms with Crippen LogP contribution < -0.4 is 10.1 Å². The van der Waals surface area contributed by atoms with Crippen LogP contribution in [0.1, 0.15) is 0 Å². The third kappa shape index (κ3) is 2.32. The van der Waals surface area contributed by atoms with Gasteiger partial charge >= 0.3 is 0 Å². The molecule has 0 bridgehead atoms. The van der Waals surface area contributed by atoms with E-state index >= 15 is 0 Å². The molecule has 0 radical (unpaired) electrons. The molecule has 0 aliphatic carbocycles. The molecule has 0 unspecified atom stereocenters. The predicted molar refractivity (Wildman–Crippen MR) is 85.5 cm³/mol. The zero-order chi connectivity index (χ0) is 13.9. The summed E-state index contributed by atoms with van der Waals surface area (Å²) in [6.45, 7) is 0. The van der Waals surface area contributed by atoms with Crippen LogP contribution in [0, 0.1) is 0 Å². The van der Waals surface area contributed by atoms with E-state index < -0.39 is 0 Å². The Morgan fingerprint density at radius 1 is 0.750 bits per heavy atom. The number of rotatable bonds is 3. The van der Waals surface area contributed by atoms with Crippen molar-refractivity contribution in [1.29, 1.82) is 0 Å². The summed E-state index contributed by atoms with van der Waals surface area (Å²) in [5.74, 6) is 0.892. The molecule has 0 spiro atoms. The van der Waals surface area contributed by atoms with Gasteiger partial charge in [0.05, 0.1) is 7.11 Å². The van der Waals surface area contributed by atoms with Crippen molar-refractivity contribution in [2.24, 2.45) is 0 Å². The molecular weight excluding hydrogens is 246 g/mol. The predicted octanol–water partition coefficient (Wildman–Crippen LogP) is 4.56. The Labute approximate surface area is 119 Å². The lowest BCUT2D eigenvalue weighted by Crippen LogP contribution is -1.87. The maximum atomic E-state index is 5.26. The second-order valence-corrected chi connectivity index (χ2v) is 4.76. The Morgan fingerprint density at radius 2 is 1.40 bits per heavy atom. The minimum atomic E-state index is 0.892. The monoisotopic (exact) mass is 263 g/mol. The maximum Gasteiger partial charge on any atom is 0.119 e. The maximum absolute atomic E-state index is 5.26. The first-order valence-corrected chi connectivity index (χ1v) is 6.66. The fraction of sp³-hybridized carbons (Fsp3) is 0.111. The number of benzene rings is 3. The van der Waals surface area contributed by atoms with Crippen molar-refractivity contribution in [3.63, 3.8) is 0 Å². The number of hydrogen-bond acceptors (Lipinski definition) is 2. The van der Waals surface area contributed by atoms with Crippen molar-refractivity contribution in [2.45, 2.75) is 0 Å². The van der Waals surface area contributed by atoms with Gasteiger partial charge in [0.1, 0.15) is 5.75 Å². The molecule has 3 aromatic carbocycles. The van der Waals surface area contributed by atoms with E-state index in [1.165, 1.54) is 21.9 Å². The quantitative estimate of drug-likeness (QED) is 0.748. The lowest BCUT2D eigenvalue weighted by atomic mass is 10.0. The average molecular weight is 263 g/mol. The van der Waals surface area contributed by atoms with E-state index in [2.05, 4.69) is 59.9 Å². The normalized spacial score (nSPS) is 10.5. The summed E-state index contributed by atoms with van der Waals surface area (Å²) in [6, 6.07) is 21.1. The average Bonchev–Trinajstić information content (AvgIpc) is 2.54. The summed E-state index contributed by atoms with van der Waals surface area (Å²) in [4.78, 5) is 0. The van der Waals surface area contributed by atoms with Gasteiger partial charge in [-0.1, -0.05) is 30.3 Å². The van der Waals surface area contributed by atoms with Gasteiger partial charge in [0, 0.05) is 12.7 Å². The van der Waals surface area contributed by atoms with Gasteiger partial charge in [-0.25, -0.2) is 0 Å². The second-order valence-electron chi connectivity index (χ2n) is 4.76. The Kier molecular flexibility index (Phi) is 3.30. The molecule has 0 heterocycles. The lowest BCUT2D eigenvalue weighted by Gasteiger charge is -2.07. The van der Waals surface area contributed by atoms with Gasteiger partial charge in [0.15, 0.2) is 0 Å². The fourth-order valence-corrected chi connectivity index (χ4v) is 2.36. The standard InChI is InChI=1S/C18H17NO/c1-19-17-8-5-13(6-9-17)14-3-4-16-12-18(20-2)10-7-15(16)11-14/h3-12,19H,1-2H3. The van der Waals surface area contributed by atoms with Gasteiger partial charge in [-0.05, 0) is 52.2 Å². The van der Waals surface area contributed by atoms with E-state index in [0.29, 0.717) is 0 Å². The van der Waals surface area contributed by atoms with Gasteiger partial charge in [-0.2, -0.15) is 0 Å². The van der Waals surface area contributed by atoms with Crippen LogP contribution in [0.25, 0.3) is 21.9 Å². The minimum absolute atomic E-state index is 0.892. The Balaban J connectivity index is 2.03. The summed E-state index contributed by atoms with van der Waals surface area (Å²) in [6.07, 6.45) is 0. The first-order chi connectivity index (χ1) is 9.80. The Morgan fingerprint density at radius 3 is 2.10 bits per heavy atom. The first-order valence-electron chi connectivity index (χ1n) is 6.66. The molecule has 1 N–H and O–H groups in total. The highest BCUT2D eigenvalue weighted by molar-refractivity contribution is 5.88. The van der Waals surface area contributed by atoms with Crippen molar-refractivity contribution < 1.29 is 4.74 Å². The van der Waals surface area contributed by atoms with Gasteiger partial charge in [-0.3, -0.25) is 0 Å². The van der Waals surface area contributed by atoms with Gasteiger partial charge in [-0.15, -0.1) is 0 Å². The molecule has 3 aromatic rings. The number of hydrogen-bond donors (Lipinski definition) is 1. The molecule has 100 valence electrons. The highest BCUT2D eigenvalue weighted by Gasteiger charge is 2.01. The largest absolute Gasteiger partial charge is 0.497 e. The lowest BCUT2D eigenvalue weighted by molar-refractivity contribution is 0.415. The fourth-order valence-electron chi connectivity index (χ4n) is 2.36. The van der Waals surface area contributed by atoms with E-state index in [9.17, 15) is 0 Å². The van der Waals surface area contributed by atoms with Gasteiger partial charge in [0.25, 0.3) is 0 Å². The van der Waals surface area contributed by atoms with Crippen molar-refractivity contribution >= 4 is 16.5 Å². The number of ether oxygens (including phenoxy) is 1. The Hall–Kier alpha value is -2.48. The highest BCUT2D eigenvalue weighted by Crippen LogP contribution is 2.27. The molecule has 0 atom stereocenters. The molecule has 0 saturated carbocycles. The molecule has 0 aliphatic heterocycles. The van der Waals surface area contributed by atoms with Crippen molar-refractivity contribution in [3.05, 3.63) is 60.7 Å². The molecule has 0 aromatic heterocycles. The van der Waals surface area contributed by atoms with Crippen LogP contribution in [0.2, 0.25) is 0 Å². The third-order valence-electron chi connectivity index (χ3n) is 3.55. The van der Waals surface area contributed by atoms with E-state index in [-0.39, 0.29) is 0 Å². The van der Waals surface area contributed by atoms with Crippen molar-refractivity contribution in [3.8, 4) is 16.9 Å². The molecule has 0 amide bonds. The zero-order valence-electron chi connectivity index (χ0n) is 11.7. The van der Waals surface area contributed by atoms with E-state index in [4.69, 9.17) is 4.74 Å². The van der Waals surface area contributed by atoms with Gasteiger partial charge in [0.2, 0.25) is 0 Å². The first kappa shape index (κ1) is 12.5. The van der Waals surface area contributed by atoms with Crippen LogP contribution in [0.5, 0.6) is 5.75 Å². The molecular formula is C18H17NO. The zero-order valence-corrected chi connectivity index (χ0v) is 11.7. The summed E-state index contributed by atoms with van der Waals surface area (Å²) < 4.78 is 5.26. The van der Waals surface area contributed by atoms with Crippen molar-refractivity contribution in [2.75, 3.05) is 19.5 Å². The molecule has 0 fully saturated rings. The molecule has 0 aliphatic rings. The minimum Gasteiger partial charge on any atom is -0.497 e. The van der Waals surface area contributed by atoms with Crippen LogP contribution in [0.15, 0.2) is 60.7 Å². The molecule has 0 saturated heterocycles. The topological polar surface area (TPSA) is 21.3 Å². The summed E-state index contributed by atoms with van der Waals surface area (Å²) in [5.41, 5.74) is 3.58. The van der Waals surface area contributed by atoms with Crippen LogP contribution in [-0.2, 0) is 0 Å². The van der Waals surface area contributed by atoms with Crippen molar-refractivity contribution in [1.82, 2.24) is 0 Å². The summed E-state index contributed by atoms with van der Waals surface area (Å²) in [7, 11) is 3.62. The Bertz CT molecular complexity index is 732.